The molecule has 158 valence electrons. The molecule has 0 saturated heterocycles. The second-order valence-electron chi connectivity index (χ2n) is 7.99. The van der Waals surface area contributed by atoms with Crippen LogP contribution in [0, 0.1) is 5.92 Å². The van der Waals surface area contributed by atoms with Gasteiger partial charge in [-0.1, -0.05) is 29.8 Å². The predicted octanol–water partition coefficient (Wildman–Crippen LogP) is 6.36. The maximum absolute atomic E-state index is 12.1. The van der Waals surface area contributed by atoms with Gasteiger partial charge in [-0.15, -0.1) is 0 Å². The van der Waals surface area contributed by atoms with Crippen LogP contribution in [-0.4, -0.2) is 11.9 Å². The summed E-state index contributed by atoms with van der Waals surface area (Å²) >= 11 is 6.23. The number of halogens is 1. The molecular formula is C25H27ClO4. The first-order valence-electron chi connectivity index (χ1n) is 10.2. The van der Waals surface area contributed by atoms with Crippen LogP contribution in [0.15, 0.2) is 42.5 Å². The van der Waals surface area contributed by atoms with E-state index >= 15 is 0 Å². The first-order valence-corrected chi connectivity index (χ1v) is 10.6. The molecule has 0 N–H and O–H groups in total. The van der Waals surface area contributed by atoms with E-state index in [-0.39, 0.29) is 5.97 Å². The first-order chi connectivity index (χ1) is 14.3. The largest absolute Gasteiger partial charge is 0.426 e. The molecule has 0 aliphatic heterocycles. The molecule has 0 heterocycles. The van der Waals surface area contributed by atoms with Gasteiger partial charge >= 0.3 is 11.9 Å². The molecule has 0 amide bonds. The van der Waals surface area contributed by atoms with Crippen LogP contribution < -0.4 is 9.47 Å². The lowest BCUT2D eigenvalue weighted by molar-refractivity contribution is -0.132. The number of allylic oxidation sites excluding steroid dienone is 2. The van der Waals surface area contributed by atoms with E-state index in [1.54, 1.807) is 12.1 Å². The Hall–Kier alpha value is -2.59. The summed E-state index contributed by atoms with van der Waals surface area (Å²) < 4.78 is 11.4. The molecule has 2 aromatic carbocycles. The quantitative estimate of drug-likeness (QED) is 0.233. The van der Waals surface area contributed by atoms with Crippen LogP contribution in [0.1, 0.15) is 51.2 Å². The van der Waals surface area contributed by atoms with Crippen molar-refractivity contribution in [3.63, 3.8) is 0 Å². The standard InChI is InChI=1S/C25H27ClO4/c1-5-23(28)30-25-20-12-10-18(26)14-22(20)24(29-16(4)27)19-11-9-17(13-21(19)25)8-6-7-15(2)3/h5,7,10,12,14,17H,1,6,8-9,11,13H2,2-4H3. The number of hydrogen-bond acceptors (Lipinski definition) is 4. The Morgan fingerprint density at radius 1 is 1.13 bits per heavy atom. The highest BCUT2D eigenvalue weighted by atomic mass is 35.5. The third-order valence-corrected chi connectivity index (χ3v) is 5.66. The van der Waals surface area contributed by atoms with E-state index < -0.39 is 5.97 Å². The van der Waals surface area contributed by atoms with Crippen molar-refractivity contribution in [2.45, 2.75) is 52.9 Å². The highest BCUT2D eigenvalue weighted by Crippen LogP contribution is 2.46. The molecule has 0 radical (unpaired) electrons. The molecule has 1 unspecified atom stereocenters. The van der Waals surface area contributed by atoms with Gasteiger partial charge in [-0.25, -0.2) is 4.79 Å². The third-order valence-electron chi connectivity index (χ3n) is 5.42. The third kappa shape index (κ3) is 4.93. The number of benzene rings is 2. The monoisotopic (exact) mass is 426 g/mol. The fraction of sp³-hybridized carbons (Fsp3) is 0.360. The Bertz CT molecular complexity index is 1030. The SMILES string of the molecule is C=CC(=O)Oc1c2c(c(OC(C)=O)c3cc(Cl)ccc13)CCC(CCC=C(C)C)C2. The molecule has 1 atom stereocenters. The van der Waals surface area contributed by atoms with Crippen LogP contribution in [0.2, 0.25) is 5.02 Å². The lowest BCUT2D eigenvalue weighted by Crippen LogP contribution is -2.19. The molecule has 1 aliphatic rings. The zero-order valence-corrected chi connectivity index (χ0v) is 18.5. The van der Waals surface area contributed by atoms with Crippen LogP contribution in [0.5, 0.6) is 11.5 Å². The molecule has 0 fully saturated rings. The van der Waals surface area contributed by atoms with Crippen molar-refractivity contribution in [1.29, 1.82) is 0 Å². The topological polar surface area (TPSA) is 52.6 Å². The van der Waals surface area contributed by atoms with Crippen molar-refractivity contribution < 1.29 is 19.1 Å². The lowest BCUT2D eigenvalue weighted by atomic mass is 9.79. The minimum atomic E-state index is -0.514. The van der Waals surface area contributed by atoms with Crippen molar-refractivity contribution in [2.75, 3.05) is 0 Å². The van der Waals surface area contributed by atoms with Crippen molar-refractivity contribution >= 4 is 34.3 Å². The number of rotatable bonds is 6. The van der Waals surface area contributed by atoms with Gasteiger partial charge in [0.2, 0.25) is 0 Å². The molecule has 3 rings (SSSR count). The summed E-state index contributed by atoms with van der Waals surface area (Å²) in [6.45, 7) is 9.11. The van der Waals surface area contributed by atoms with E-state index in [0.29, 0.717) is 33.2 Å². The second kappa shape index (κ2) is 9.48. The fourth-order valence-corrected chi connectivity index (χ4v) is 4.27. The Labute approximate surface area is 182 Å². The van der Waals surface area contributed by atoms with E-state index in [0.717, 1.165) is 49.3 Å². The summed E-state index contributed by atoms with van der Waals surface area (Å²) in [5.74, 6) is 0.602. The number of hydrogen-bond donors (Lipinski definition) is 0. The van der Waals surface area contributed by atoms with Crippen molar-refractivity contribution in [3.05, 3.63) is 58.7 Å². The maximum Gasteiger partial charge on any atom is 0.335 e. The van der Waals surface area contributed by atoms with E-state index in [9.17, 15) is 9.59 Å². The molecule has 30 heavy (non-hydrogen) atoms. The average Bonchev–Trinajstić information content (AvgIpc) is 2.69. The second-order valence-corrected chi connectivity index (χ2v) is 8.43. The highest BCUT2D eigenvalue weighted by molar-refractivity contribution is 6.31. The van der Waals surface area contributed by atoms with E-state index in [1.165, 1.54) is 12.5 Å². The predicted molar refractivity (Wildman–Crippen MR) is 120 cm³/mol. The molecule has 0 saturated carbocycles. The summed E-state index contributed by atoms with van der Waals surface area (Å²) in [5, 5.41) is 1.90. The molecule has 0 aromatic heterocycles. The maximum atomic E-state index is 12.1. The average molecular weight is 427 g/mol. The number of carbonyl (C=O) groups excluding carboxylic acids is 2. The van der Waals surface area contributed by atoms with Crippen LogP contribution in [0.4, 0.5) is 0 Å². The molecule has 0 bridgehead atoms. The zero-order chi connectivity index (χ0) is 21.8. The van der Waals surface area contributed by atoms with Gasteiger partial charge in [0.05, 0.1) is 0 Å². The van der Waals surface area contributed by atoms with Crippen LogP contribution in [0.25, 0.3) is 10.8 Å². The van der Waals surface area contributed by atoms with E-state index in [2.05, 4.69) is 26.5 Å². The molecule has 0 spiro atoms. The van der Waals surface area contributed by atoms with Crippen LogP contribution in [-0.2, 0) is 22.4 Å². The molecular weight excluding hydrogens is 400 g/mol. The summed E-state index contributed by atoms with van der Waals surface area (Å²) in [6, 6.07) is 5.30. The fourth-order valence-electron chi connectivity index (χ4n) is 4.09. The minimum absolute atomic E-state index is 0.389. The Morgan fingerprint density at radius 3 is 2.53 bits per heavy atom. The number of ether oxygens (including phenoxy) is 2. The van der Waals surface area contributed by atoms with Gasteiger partial charge in [-0.05, 0) is 70.1 Å². The van der Waals surface area contributed by atoms with Gasteiger partial charge in [-0.3, -0.25) is 4.79 Å². The number of carbonyl (C=O) groups is 2. The van der Waals surface area contributed by atoms with Gasteiger partial charge < -0.3 is 9.47 Å². The smallest absolute Gasteiger partial charge is 0.335 e. The number of fused-ring (bicyclic) bond motifs is 2. The van der Waals surface area contributed by atoms with Gasteiger partial charge in [-0.2, -0.15) is 0 Å². The zero-order valence-electron chi connectivity index (χ0n) is 17.7. The van der Waals surface area contributed by atoms with Gasteiger partial charge in [0.15, 0.2) is 0 Å². The van der Waals surface area contributed by atoms with E-state index in [4.69, 9.17) is 21.1 Å². The highest BCUT2D eigenvalue weighted by Gasteiger charge is 2.29. The van der Waals surface area contributed by atoms with Crippen LogP contribution in [0.3, 0.4) is 0 Å². The van der Waals surface area contributed by atoms with E-state index in [1.807, 2.05) is 6.07 Å². The normalized spacial score (nSPS) is 15.3. The lowest BCUT2D eigenvalue weighted by Gasteiger charge is -2.29. The molecule has 1 aliphatic carbocycles. The molecule has 5 heteroatoms. The first kappa shape index (κ1) is 22.1. The summed E-state index contributed by atoms with van der Waals surface area (Å²) in [5.41, 5.74) is 3.17. The molecule has 4 nitrogen and oxygen atoms in total. The van der Waals surface area contributed by atoms with Gasteiger partial charge in [0, 0.05) is 39.9 Å². The van der Waals surface area contributed by atoms with Crippen molar-refractivity contribution in [3.8, 4) is 11.5 Å². The Balaban J connectivity index is 2.15. The van der Waals surface area contributed by atoms with Gasteiger partial charge in [0.1, 0.15) is 11.5 Å². The summed E-state index contributed by atoms with van der Waals surface area (Å²) in [6.07, 6.45) is 7.98. The summed E-state index contributed by atoms with van der Waals surface area (Å²) in [7, 11) is 0. The number of esters is 2. The summed E-state index contributed by atoms with van der Waals surface area (Å²) in [4.78, 5) is 24.0. The van der Waals surface area contributed by atoms with Gasteiger partial charge in [0.25, 0.3) is 0 Å². The van der Waals surface area contributed by atoms with Crippen molar-refractivity contribution in [2.24, 2.45) is 5.92 Å². The Kier molecular flexibility index (Phi) is 6.99. The molecule has 2 aromatic rings. The minimum Gasteiger partial charge on any atom is -0.426 e. The Morgan fingerprint density at radius 2 is 1.87 bits per heavy atom. The van der Waals surface area contributed by atoms with Crippen molar-refractivity contribution in [1.82, 2.24) is 0 Å². The van der Waals surface area contributed by atoms with Crippen LogP contribution >= 0.6 is 11.6 Å².